The first-order chi connectivity index (χ1) is 6.09. The lowest BCUT2D eigenvalue weighted by atomic mass is 10.1. The maximum absolute atomic E-state index is 2.31. The minimum absolute atomic E-state index is 0.671. The van der Waals surface area contributed by atoms with E-state index in [4.69, 9.17) is 0 Å². The molecule has 0 saturated carbocycles. The summed E-state index contributed by atoms with van der Waals surface area (Å²) in [7, 11) is 0. The van der Waals surface area contributed by atoms with Gasteiger partial charge in [-0.2, -0.15) is 0 Å². The van der Waals surface area contributed by atoms with Gasteiger partial charge in [0.15, 0.2) is 0 Å². The van der Waals surface area contributed by atoms with Crippen LogP contribution in [0.2, 0.25) is 0 Å². The summed E-state index contributed by atoms with van der Waals surface area (Å²) in [6.07, 6.45) is 0. The molecule has 0 atom stereocenters. The minimum Gasteiger partial charge on any atom is -0.139 e. The van der Waals surface area contributed by atoms with Gasteiger partial charge in [0.25, 0.3) is 0 Å². The van der Waals surface area contributed by atoms with E-state index in [0.717, 1.165) is 0 Å². The first-order valence-corrected chi connectivity index (χ1v) is 6.22. The summed E-state index contributed by atoms with van der Waals surface area (Å²) < 4.78 is 2.98. The quantitative estimate of drug-likeness (QED) is 0.640. The van der Waals surface area contributed by atoms with Crippen LogP contribution in [0.3, 0.4) is 0 Å². The van der Waals surface area contributed by atoms with Gasteiger partial charge in [-0.1, -0.05) is 13.8 Å². The second-order valence-corrected chi connectivity index (χ2v) is 6.14. The van der Waals surface area contributed by atoms with Crippen molar-refractivity contribution in [2.24, 2.45) is 0 Å². The predicted molar refractivity (Wildman–Crippen MR) is 63.3 cm³/mol. The van der Waals surface area contributed by atoms with Gasteiger partial charge in [-0.05, 0) is 31.4 Å². The average molecular weight is 210 g/mol. The van der Waals surface area contributed by atoms with Crippen molar-refractivity contribution in [2.75, 3.05) is 0 Å². The molecule has 2 aromatic heterocycles. The molecule has 0 aliphatic heterocycles. The lowest BCUT2D eigenvalue weighted by Gasteiger charge is -2.01. The van der Waals surface area contributed by atoms with Crippen LogP contribution < -0.4 is 0 Å². The van der Waals surface area contributed by atoms with E-state index in [1.165, 1.54) is 19.8 Å². The molecule has 0 aliphatic carbocycles. The van der Waals surface area contributed by atoms with Crippen LogP contribution in [0.25, 0.3) is 9.40 Å². The number of hydrogen-bond donors (Lipinski definition) is 0. The van der Waals surface area contributed by atoms with Gasteiger partial charge >= 0.3 is 0 Å². The van der Waals surface area contributed by atoms with Gasteiger partial charge in [0.2, 0.25) is 0 Å². The fraction of sp³-hybridized carbons (Fsp3) is 0.455. The third-order valence-corrected chi connectivity index (χ3v) is 5.11. The van der Waals surface area contributed by atoms with E-state index in [9.17, 15) is 0 Å². The normalized spacial score (nSPS) is 11.8. The van der Waals surface area contributed by atoms with Gasteiger partial charge in [0.05, 0.1) is 0 Å². The minimum atomic E-state index is 0.671. The van der Waals surface area contributed by atoms with Crippen LogP contribution in [0.1, 0.15) is 35.1 Å². The molecule has 0 aromatic carbocycles. The fourth-order valence-electron chi connectivity index (χ4n) is 1.69. The average Bonchev–Trinajstić information content (AvgIpc) is 2.51. The Morgan fingerprint density at radius 3 is 2.38 bits per heavy atom. The first-order valence-electron chi connectivity index (χ1n) is 4.59. The van der Waals surface area contributed by atoms with Crippen molar-refractivity contribution in [3.05, 3.63) is 21.4 Å². The van der Waals surface area contributed by atoms with Crippen molar-refractivity contribution in [1.29, 1.82) is 0 Å². The van der Waals surface area contributed by atoms with E-state index < -0.39 is 0 Å². The second-order valence-electron chi connectivity index (χ2n) is 3.80. The van der Waals surface area contributed by atoms with Crippen molar-refractivity contribution in [1.82, 2.24) is 0 Å². The monoisotopic (exact) mass is 210 g/mol. The maximum Gasteiger partial charge on any atom is 0.0485 e. The van der Waals surface area contributed by atoms with Crippen LogP contribution in [0.15, 0.2) is 6.07 Å². The van der Waals surface area contributed by atoms with Crippen LogP contribution in [-0.4, -0.2) is 0 Å². The zero-order chi connectivity index (χ0) is 9.59. The van der Waals surface area contributed by atoms with E-state index >= 15 is 0 Å². The highest BCUT2D eigenvalue weighted by Crippen LogP contribution is 2.39. The van der Waals surface area contributed by atoms with Crippen LogP contribution in [0.5, 0.6) is 0 Å². The molecule has 0 amide bonds. The molecule has 0 radical (unpaired) electrons. The Kier molecular flexibility index (Phi) is 2.20. The largest absolute Gasteiger partial charge is 0.139 e. The molecule has 0 unspecified atom stereocenters. The number of fused-ring (bicyclic) bond motifs is 1. The lowest BCUT2D eigenvalue weighted by molar-refractivity contribution is 0.883. The molecule has 0 nitrogen and oxygen atoms in total. The van der Waals surface area contributed by atoms with Crippen molar-refractivity contribution < 1.29 is 0 Å². The van der Waals surface area contributed by atoms with Gasteiger partial charge in [0, 0.05) is 19.2 Å². The molecular formula is C11H14S2. The van der Waals surface area contributed by atoms with E-state index in [0.29, 0.717) is 5.92 Å². The molecule has 70 valence electrons. The molecule has 2 heterocycles. The molecule has 0 N–H and O–H groups in total. The predicted octanol–water partition coefficient (Wildman–Crippen LogP) is 4.70. The van der Waals surface area contributed by atoms with Crippen molar-refractivity contribution in [3.63, 3.8) is 0 Å². The van der Waals surface area contributed by atoms with Gasteiger partial charge in [-0.25, -0.2) is 0 Å². The molecule has 0 bridgehead atoms. The summed E-state index contributed by atoms with van der Waals surface area (Å²) in [5, 5.41) is 0. The molecule has 0 saturated heterocycles. The highest BCUT2D eigenvalue weighted by atomic mass is 32.1. The summed E-state index contributed by atoms with van der Waals surface area (Å²) >= 11 is 3.89. The summed E-state index contributed by atoms with van der Waals surface area (Å²) in [4.78, 5) is 2.99. The topological polar surface area (TPSA) is 0 Å². The zero-order valence-corrected chi connectivity index (χ0v) is 10.1. The molecule has 2 rings (SSSR count). The van der Waals surface area contributed by atoms with Gasteiger partial charge in [-0.3, -0.25) is 0 Å². The highest BCUT2D eigenvalue weighted by Gasteiger charge is 2.12. The Balaban J connectivity index is 2.69. The molecular weight excluding hydrogens is 196 g/mol. The van der Waals surface area contributed by atoms with E-state index in [1.807, 2.05) is 22.7 Å². The molecule has 13 heavy (non-hydrogen) atoms. The summed E-state index contributed by atoms with van der Waals surface area (Å²) in [5.41, 5.74) is 1.51. The Morgan fingerprint density at radius 2 is 1.85 bits per heavy atom. The van der Waals surface area contributed by atoms with Gasteiger partial charge in [-0.15, -0.1) is 22.7 Å². The lowest BCUT2D eigenvalue weighted by Crippen LogP contribution is -1.83. The molecule has 2 aromatic rings. The van der Waals surface area contributed by atoms with Crippen LogP contribution in [-0.2, 0) is 0 Å². The maximum atomic E-state index is 2.31. The third-order valence-electron chi connectivity index (χ3n) is 2.28. The third kappa shape index (κ3) is 1.42. The van der Waals surface area contributed by atoms with Crippen molar-refractivity contribution in [3.8, 4) is 0 Å². The molecule has 0 fully saturated rings. The Labute approximate surface area is 87.2 Å². The number of thiophene rings is 2. The Hall–Kier alpha value is -0.340. The molecule has 0 aliphatic rings. The standard InChI is InChI=1S/C11H14S2/c1-6(2)10-8(4)11-9(13-10)5-7(3)12-11/h5-6H,1-4H3. The van der Waals surface area contributed by atoms with E-state index in [2.05, 4.69) is 33.8 Å². The van der Waals surface area contributed by atoms with Crippen molar-refractivity contribution >= 4 is 32.1 Å². The van der Waals surface area contributed by atoms with Gasteiger partial charge in [0.1, 0.15) is 0 Å². The van der Waals surface area contributed by atoms with Crippen LogP contribution in [0.4, 0.5) is 0 Å². The van der Waals surface area contributed by atoms with Crippen molar-refractivity contribution in [2.45, 2.75) is 33.6 Å². The molecule has 0 spiro atoms. The van der Waals surface area contributed by atoms with Gasteiger partial charge < -0.3 is 0 Å². The number of hydrogen-bond acceptors (Lipinski definition) is 2. The van der Waals surface area contributed by atoms with Crippen LogP contribution in [0, 0.1) is 13.8 Å². The summed E-state index contributed by atoms with van der Waals surface area (Å²) in [6, 6.07) is 2.31. The Bertz CT molecular complexity index is 432. The smallest absolute Gasteiger partial charge is 0.0485 e. The van der Waals surface area contributed by atoms with Crippen LogP contribution >= 0.6 is 22.7 Å². The SMILES string of the molecule is Cc1cc2sc(C(C)C)c(C)c2s1. The van der Waals surface area contributed by atoms with E-state index in [-0.39, 0.29) is 0 Å². The highest BCUT2D eigenvalue weighted by molar-refractivity contribution is 7.28. The zero-order valence-electron chi connectivity index (χ0n) is 8.47. The number of rotatable bonds is 1. The Morgan fingerprint density at radius 1 is 1.15 bits per heavy atom. The first kappa shape index (κ1) is 9.22. The fourth-order valence-corrected chi connectivity index (χ4v) is 4.21. The van der Waals surface area contributed by atoms with E-state index in [1.54, 1.807) is 4.88 Å². The summed E-state index contributed by atoms with van der Waals surface area (Å²) in [6.45, 7) is 8.99. The second kappa shape index (κ2) is 3.10. The summed E-state index contributed by atoms with van der Waals surface area (Å²) in [5.74, 6) is 0.671. The number of aryl methyl sites for hydroxylation is 2. The molecule has 2 heteroatoms.